The highest BCUT2D eigenvalue weighted by molar-refractivity contribution is 5.41. The van der Waals surface area contributed by atoms with Gasteiger partial charge in [-0.25, -0.2) is 4.98 Å². The van der Waals surface area contributed by atoms with Crippen molar-refractivity contribution in [3.8, 4) is 5.75 Å². The van der Waals surface area contributed by atoms with Crippen molar-refractivity contribution >= 4 is 5.82 Å². The largest absolute Gasteiger partial charge is 0.486 e. The van der Waals surface area contributed by atoms with Crippen LogP contribution < -0.4 is 10.1 Å². The van der Waals surface area contributed by atoms with Gasteiger partial charge in [0.25, 0.3) is 0 Å². The smallest absolute Gasteiger partial charge is 0.129 e. The first kappa shape index (κ1) is 13.0. The van der Waals surface area contributed by atoms with E-state index in [1.807, 2.05) is 12.1 Å². The maximum Gasteiger partial charge on any atom is 0.129 e. The first-order valence-corrected chi connectivity index (χ1v) is 7.31. The number of aryl methyl sites for hydroxylation is 1. The number of pyridine rings is 1. The fraction of sp³-hybridized carbons (Fsp3) is 0.353. The van der Waals surface area contributed by atoms with Crippen LogP contribution in [0.2, 0.25) is 0 Å². The molecule has 0 amide bonds. The zero-order valence-corrected chi connectivity index (χ0v) is 11.8. The van der Waals surface area contributed by atoms with Gasteiger partial charge in [0.2, 0.25) is 0 Å². The van der Waals surface area contributed by atoms with E-state index in [9.17, 15) is 0 Å². The number of nitrogens with zero attached hydrogens (tertiary/aromatic N) is 1. The lowest BCUT2D eigenvalue weighted by molar-refractivity contribution is 0.183. The van der Waals surface area contributed by atoms with Gasteiger partial charge in [-0.3, -0.25) is 0 Å². The average Bonchev–Trinajstić information content (AvgIpc) is 2.48. The molecule has 0 saturated heterocycles. The second-order valence-corrected chi connectivity index (χ2v) is 5.10. The second kappa shape index (κ2) is 5.95. The first-order valence-electron chi connectivity index (χ1n) is 7.31. The lowest BCUT2D eigenvalue weighted by Crippen LogP contribution is -2.15. The summed E-state index contributed by atoms with van der Waals surface area (Å²) >= 11 is 0. The highest BCUT2D eigenvalue weighted by Crippen LogP contribution is 2.33. The predicted molar refractivity (Wildman–Crippen MR) is 81.1 cm³/mol. The highest BCUT2D eigenvalue weighted by atomic mass is 16.5. The minimum Gasteiger partial charge on any atom is -0.486 e. The van der Waals surface area contributed by atoms with Crippen LogP contribution in [-0.2, 0) is 6.42 Å². The molecule has 104 valence electrons. The molecule has 1 unspecified atom stereocenters. The van der Waals surface area contributed by atoms with Crippen molar-refractivity contribution in [2.45, 2.75) is 32.3 Å². The molecule has 2 aromatic rings. The Labute approximate surface area is 120 Å². The summed E-state index contributed by atoms with van der Waals surface area (Å²) in [5, 5.41) is 3.21. The van der Waals surface area contributed by atoms with Crippen molar-refractivity contribution < 1.29 is 4.74 Å². The monoisotopic (exact) mass is 268 g/mol. The summed E-state index contributed by atoms with van der Waals surface area (Å²) in [5.41, 5.74) is 2.75. The van der Waals surface area contributed by atoms with Crippen molar-refractivity contribution in [1.82, 2.24) is 4.98 Å². The fourth-order valence-corrected chi connectivity index (χ4v) is 2.76. The summed E-state index contributed by atoms with van der Waals surface area (Å²) < 4.78 is 6.19. The average molecular weight is 268 g/mol. The number of hydrogen-bond donors (Lipinski definition) is 1. The van der Waals surface area contributed by atoms with Crippen LogP contribution in [0.15, 0.2) is 42.6 Å². The number of anilines is 1. The van der Waals surface area contributed by atoms with E-state index in [0.29, 0.717) is 0 Å². The molecule has 0 aliphatic heterocycles. The third-order valence-corrected chi connectivity index (χ3v) is 3.68. The van der Waals surface area contributed by atoms with Gasteiger partial charge >= 0.3 is 0 Å². The number of benzene rings is 1. The third-order valence-electron chi connectivity index (χ3n) is 3.68. The van der Waals surface area contributed by atoms with E-state index in [2.05, 4.69) is 41.5 Å². The lowest BCUT2D eigenvalue weighted by Gasteiger charge is -2.26. The molecule has 1 N–H and O–H groups in total. The molecule has 0 fully saturated rings. The number of aromatic nitrogens is 1. The van der Waals surface area contributed by atoms with Crippen LogP contribution in [0.3, 0.4) is 0 Å². The Kier molecular flexibility index (Phi) is 3.86. The summed E-state index contributed by atoms with van der Waals surface area (Å²) in [4.78, 5) is 4.28. The number of ether oxygens (including phenoxy) is 1. The lowest BCUT2D eigenvalue weighted by atomic mass is 9.89. The summed E-state index contributed by atoms with van der Waals surface area (Å²) in [7, 11) is 0. The maximum atomic E-state index is 6.19. The van der Waals surface area contributed by atoms with Gasteiger partial charge in [-0.05, 0) is 43.4 Å². The molecular formula is C17H20N2O. The minimum atomic E-state index is 0.164. The molecule has 1 aliphatic rings. The minimum absolute atomic E-state index is 0.164. The first-order chi connectivity index (χ1) is 9.86. The summed E-state index contributed by atoms with van der Waals surface area (Å²) in [6.07, 6.45) is 5.39. The van der Waals surface area contributed by atoms with Crippen molar-refractivity contribution in [3.63, 3.8) is 0 Å². The van der Waals surface area contributed by atoms with Gasteiger partial charge in [-0.2, -0.15) is 0 Å². The molecule has 3 rings (SSSR count). The van der Waals surface area contributed by atoms with Crippen molar-refractivity contribution in [1.29, 1.82) is 0 Å². The molecule has 0 saturated carbocycles. The van der Waals surface area contributed by atoms with Crippen molar-refractivity contribution in [3.05, 3.63) is 53.7 Å². The molecule has 3 heteroatoms. The van der Waals surface area contributed by atoms with Crippen LogP contribution in [0.25, 0.3) is 0 Å². The maximum absolute atomic E-state index is 6.19. The molecule has 0 bridgehead atoms. The zero-order chi connectivity index (χ0) is 13.8. The Balaban J connectivity index is 1.80. The molecule has 3 nitrogen and oxygen atoms in total. The molecular weight excluding hydrogens is 248 g/mol. The third kappa shape index (κ3) is 2.77. The van der Waals surface area contributed by atoms with E-state index >= 15 is 0 Å². The fourth-order valence-electron chi connectivity index (χ4n) is 2.76. The van der Waals surface area contributed by atoms with Gasteiger partial charge in [-0.15, -0.1) is 0 Å². The van der Waals surface area contributed by atoms with Crippen LogP contribution in [0.5, 0.6) is 5.75 Å². The SMILES string of the molecule is CCNc1cc(OC2CCCc3ccccc32)ccn1. The van der Waals surface area contributed by atoms with Crippen LogP contribution in [0.1, 0.15) is 37.0 Å². The van der Waals surface area contributed by atoms with Gasteiger partial charge in [0.05, 0.1) is 0 Å². The summed E-state index contributed by atoms with van der Waals surface area (Å²) in [6, 6.07) is 12.5. The van der Waals surface area contributed by atoms with Gasteiger partial charge in [0.15, 0.2) is 0 Å². The molecule has 20 heavy (non-hydrogen) atoms. The van der Waals surface area contributed by atoms with E-state index in [1.165, 1.54) is 17.5 Å². The van der Waals surface area contributed by atoms with Gasteiger partial charge in [-0.1, -0.05) is 24.3 Å². The molecule has 1 aromatic heterocycles. The predicted octanol–water partition coefficient (Wildman–Crippen LogP) is 3.97. The second-order valence-electron chi connectivity index (χ2n) is 5.10. The molecule has 0 spiro atoms. The van der Waals surface area contributed by atoms with E-state index in [-0.39, 0.29) is 6.10 Å². The van der Waals surface area contributed by atoms with Crippen LogP contribution >= 0.6 is 0 Å². The topological polar surface area (TPSA) is 34.1 Å². The van der Waals surface area contributed by atoms with Gasteiger partial charge in [0, 0.05) is 18.8 Å². The van der Waals surface area contributed by atoms with E-state index < -0.39 is 0 Å². The molecule has 1 aromatic carbocycles. The Morgan fingerprint density at radius 1 is 1.30 bits per heavy atom. The van der Waals surface area contributed by atoms with Crippen molar-refractivity contribution in [2.24, 2.45) is 0 Å². The Hall–Kier alpha value is -2.03. The number of hydrogen-bond acceptors (Lipinski definition) is 3. The zero-order valence-electron chi connectivity index (χ0n) is 11.8. The molecule has 1 atom stereocenters. The molecule has 1 heterocycles. The number of rotatable bonds is 4. The molecule has 0 radical (unpaired) electrons. The van der Waals surface area contributed by atoms with E-state index in [0.717, 1.165) is 31.0 Å². The Morgan fingerprint density at radius 3 is 3.10 bits per heavy atom. The Morgan fingerprint density at radius 2 is 2.20 bits per heavy atom. The highest BCUT2D eigenvalue weighted by Gasteiger charge is 2.21. The molecule has 1 aliphatic carbocycles. The van der Waals surface area contributed by atoms with Gasteiger partial charge < -0.3 is 10.1 Å². The van der Waals surface area contributed by atoms with Crippen molar-refractivity contribution in [2.75, 3.05) is 11.9 Å². The summed E-state index contributed by atoms with van der Waals surface area (Å²) in [6.45, 7) is 2.93. The normalized spacial score (nSPS) is 17.4. The number of fused-ring (bicyclic) bond motifs is 1. The number of nitrogens with one attached hydrogen (secondary N) is 1. The van der Waals surface area contributed by atoms with Crippen LogP contribution in [0.4, 0.5) is 5.82 Å². The van der Waals surface area contributed by atoms with E-state index in [4.69, 9.17) is 4.74 Å². The Bertz CT molecular complexity index is 583. The van der Waals surface area contributed by atoms with E-state index in [1.54, 1.807) is 6.20 Å². The quantitative estimate of drug-likeness (QED) is 0.911. The van der Waals surface area contributed by atoms with Gasteiger partial charge in [0.1, 0.15) is 17.7 Å². The standard InChI is InChI=1S/C17H20N2O/c1-2-18-17-12-14(10-11-19-17)20-16-9-5-7-13-6-3-4-8-15(13)16/h3-4,6,8,10-12,16H,2,5,7,9H2,1H3,(H,18,19). The van der Waals surface area contributed by atoms with Crippen LogP contribution in [0, 0.1) is 0 Å². The van der Waals surface area contributed by atoms with Crippen LogP contribution in [-0.4, -0.2) is 11.5 Å². The summed E-state index contributed by atoms with van der Waals surface area (Å²) in [5.74, 6) is 1.76.